The molecule has 0 bridgehead atoms. The molecule has 3 nitrogen and oxygen atoms in total. The fraction of sp³-hybridized carbons (Fsp3) is 0.667. The van der Waals surface area contributed by atoms with Crippen LogP contribution in [0.15, 0.2) is 18.5 Å². The highest BCUT2D eigenvalue weighted by molar-refractivity contribution is 5.19. The summed E-state index contributed by atoms with van der Waals surface area (Å²) in [5, 5.41) is 13.9. The van der Waals surface area contributed by atoms with Crippen molar-refractivity contribution in [1.29, 1.82) is 0 Å². The molecule has 1 aromatic heterocycles. The van der Waals surface area contributed by atoms with Gasteiger partial charge in [-0.15, -0.1) is 0 Å². The van der Waals surface area contributed by atoms with Crippen molar-refractivity contribution in [1.82, 2.24) is 9.88 Å². The number of rotatable bonds is 2. The lowest BCUT2D eigenvalue weighted by Crippen LogP contribution is -2.39. The molecule has 0 amide bonds. The van der Waals surface area contributed by atoms with E-state index in [-0.39, 0.29) is 0 Å². The average molecular weight is 208 g/mol. The van der Waals surface area contributed by atoms with Gasteiger partial charge in [-0.2, -0.15) is 0 Å². The maximum Gasteiger partial charge on any atom is 0.0912 e. The van der Waals surface area contributed by atoms with Gasteiger partial charge >= 0.3 is 0 Å². The van der Waals surface area contributed by atoms with E-state index < -0.39 is 5.60 Å². The Morgan fingerprint density at radius 1 is 1.47 bits per heavy atom. The van der Waals surface area contributed by atoms with Gasteiger partial charge in [-0.3, -0.25) is 0 Å². The number of piperidine rings is 1. The molecule has 2 heterocycles. The number of aromatic nitrogens is 1. The molecule has 1 aliphatic rings. The minimum atomic E-state index is -0.677. The van der Waals surface area contributed by atoms with Crippen molar-refractivity contribution in [2.24, 2.45) is 13.0 Å². The smallest absolute Gasteiger partial charge is 0.0912 e. The molecule has 15 heavy (non-hydrogen) atoms. The summed E-state index contributed by atoms with van der Waals surface area (Å²) in [6, 6.07) is 2.02. The Balaban J connectivity index is 2.17. The Bertz CT molecular complexity index is 324. The zero-order chi connectivity index (χ0) is 10.9. The van der Waals surface area contributed by atoms with Crippen molar-refractivity contribution in [2.75, 3.05) is 13.1 Å². The van der Waals surface area contributed by atoms with E-state index in [9.17, 15) is 5.11 Å². The van der Waals surface area contributed by atoms with Crippen molar-refractivity contribution in [3.63, 3.8) is 0 Å². The largest absolute Gasteiger partial charge is 0.385 e. The topological polar surface area (TPSA) is 37.2 Å². The van der Waals surface area contributed by atoms with E-state index in [0.29, 0.717) is 5.92 Å². The molecule has 0 aliphatic carbocycles. The molecule has 1 saturated heterocycles. The Morgan fingerprint density at radius 2 is 2.13 bits per heavy atom. The Hall–Kier alpha value is -0.800. The highest BCUT2D eigenvalue weighted by Crippen LogP contribution is 2.34. The summed E-state index contributed by atoms with van der Waals surface area (Å²) in [6.45, 7) is 3.99. The van der Waals surface area contributed by atoms with Crippen LogP contribution in [-0.2, 0) is 12.6 Å². The van der Waals surface area contributed by atoms with Gasteiger partial charge in [0.25, 0.3) is 0 Å². The van der Waals surface area contributed by atoms with E-state index in [1.54, 1.807) is 0 Å². The maximum absolute atomic E-state index is 10.6. The molecule has 0 saturated carbocycles. The van der Waals surface area contributed by atoms with Crippen molar-refractivity contribution in [2.45, 2.75) is 25.4 Å². The number of aryl methyl sites for hydroxylation is 1. The summed E-state index contributed by atoms with van der Waals surface area (Å²) in [4.78, 5) is 0. The molecule has 1 unspecified atom stereocenters. The number of hydrogen-bond acceptors (Lipinski definition) is 2. The fourth-order valence-corrected chi connectivity index (χ4v) is 2.42. The lowest BCUT2D eigenvalue weighted by Gasteiger charge is -2.35. The molecule has 0 radical (unpaired) electrons. The van der Waals surface area contributed by atoms with E-state index >= 15 is 0 Å². The summed E-state index contributed by atoms with van der Waals surface area (Å²) in [5.74, 6) is 0.376. The molecule has 2 rings (SSSR count). The molecule has 1 aromatic rings. The standard InChI is InChI=1S/C12H20N2O/c1-12(15,10-3-6-13-7-4-10)11-5-8-14(2)9-11/h5,8-10,13,15H,3-4,6-7H2,1-2H3. The second-order valence-electron chi connectivity index (χ2n) is 4.74. The van der Waals surface area contributed by atoms with Crippen LogP contribution < -0.4 is 5.32 Å². The number of aliphatic hydroxyl groups is 1. The predicted octanol–water partition coefficient (Wildman–Crippen LogP) is 1.23. The first-order valence-corrected chi connectivity index (χ1v) is 5.66. The number of nitrogens with zero attached hydrogens (tertiary/aromatic N) is 1. The zero-order valence-electron chi connectivity index (χ0n) is 9.53. The first-order valence-electron chi connectivity index (χ1n) is 5.66. The minimum Gasteiger partial charge on any atom is -0.385 e. The van der Waals surface area contributed by atoms with Crippen LogP contribution in [0.2, 0.25) is 0 Å². The molecule has 1 aliphatic heterocycles. The molecule has 0 spiro atoms. The minimum absolute atomic E-state index is 0.376. The van der Waals surface area contributed by atoms with Gasteiger partial charge in [0.05, 0.1) is 5.60 Å². The van der Waals surface area contributed by atoms with Crippen molar-refractivity contribution >= 4 is 0 Å². The van der Waals surface area contributed by atoms with Gasteiger partial charge in [-0.25, -0.2) is 0 Å². The van der Waals surface area contributed by atoms with E-state index in [4.69, 9.17) is 0 Å². The van der Waals surface area contributed by atoms with Crippen LogP contribution in [0.4, 0.5) is 0 Å². The van der Waals surface area contributed by atoms with Crippen molar-refractivity contribution < 1.29 is 5.11 Å². The first-order chi connectivity index (χ1) is 7.10. The second-order valence-corrected chi connectivity index (χ2v) is 4.74. The molecular formula is C12H20N2O. The quantitative estimate of drug-likeness (QED) is 0.767. The van der Waals surface area contributed by atoms with Crippen molar-refractivity contribution in [3.05, 3.63) is 24.0 Å². The molecule has 0 aromatic carbocycles. The lowest BCUT2D eigenvalue weighted by molar-refractivity contribution is -0.0186. The van der Waals surface area contributed by atoms with Crippen molar-refractivity contribution in [3.8, 4) is 0 Å². The Labute approximate surface area is 91.1 Å². The van der Waals surface area contributed by atoms with Gasteiger partial charge in [0.1, 0.15) is 0 Å². The van der Waals surface area contributed by atoms with Crippen LogP contribution in [0.25, 0.3) is 0 Å². The van der Waals surface area contributed by atoms with Gasteiger partial charge in [0, 0.05) is 25.0 Å². The predicted molar refractivity (Wildman–Crippen MR) is 60.6 cm³/mol. The van der Waals surface area contributed by atoms with Crippen LogP contribution in [-0.4, -0.2) is 22.8 Å². The monoisotopic (exact) mass is 208 g/mol. The highest BCUT2D eigenvalue weighted by Gasteiger charge is 2.34. The summed E-state index contributed by atoms with van der Waals surface area (Å²) >= 11 is 0. The summed E-state index contributed by atoms with van der Waals surface area (Å²) in [6.07, 6.45) is 6.12. The molecule has 2 N–H and O–H groups in total. The van der Waals surface area contributed by atoms with E-state index in [1.165, 1.54) is 0 Å². The first kappa shape index (κ1) is 10.7. The summed E-state index contributed by atoms with van der Waals surface area (Å²) in [7, 11) is 1.99. The molecular weight excluding hydrogens is 188 g/mol. The fourth-order valence-electron chi connectivity index (χ4n) is 2.42. The van der Waals surface area contributed by atoms with Crippen LogP contribution in [0, 0.1) is 5.92 Å². The summed E-state index contributed by atoms with van der Waals surface area (Å²) < 4.78 is 1.99. The molecule has 1 atom stereocenters. The Kier molecular flexibility index (Phi) is 2.85. The zero-order valence-corrected chi connectivity index (χ0v) is 9.53. The molecule has 84 valence electrons. The van der Waals surface area contributed by atoms with Crippen LogP contribution in [0.5, 0.6) is 0 Å². The maximum atomic E-state index is 10.6. The van der Waals surface area contributed by atoms with Gasteiger partial charge in [-0.1, -0.05) is 0 Å². The normalized spacial score (nSPS) is 22.6. The van der Waals surface area contributed by atoms with E-state index in [0.717, 1.165) is 31.5 Å². The van der Waals surface area contributed by atoms with E-state index in [2.05, 4.69) is 5.32 Å². The average Bonchev–Trinajstić information content (AvgIpc) is 2.67. The summed E-state index contributed by atoms with van der Waals surface area (Å²) in [5.41, 5.74) is 0.362. The van der Waals surface area contributed by atoms with Crippen LogP contribution in [0.3, 0.4) is 0 Å². The number of hydrogen-bond donors (Lipinski definition) is 2. The Morgan fingerprint density at radius 3 is 2.67 bits per heavy atom. The van der Waals surface area contributed by atoms with E-state index in [1.807, 2.05) is 37.0 Å². The molecule has 3 heteroatoms. The second kappa shape index (κ2) is 3.99. The van der Waals surface area contributed by atoms with Crippen LogP contribution >= 0.6 is 0 Å². The lowest BCUT2D eigenvalue weighted by atomic mass is 9.79. The number of nitrogens with one attached hydrogen (secondary N) is 1. The highest BCUT2D eigenvalue weighted by atomic mass is 16.3. The van der Waals surface area contributed by atoms with Crippen LogP contribution in [0.1, 0.15) is 25.3 Å². The van der Waals surface area contributed by atoms with Gasteiger partial charge in [0.2, 0.25) is 0 Å². The van der Waals surface area contributed by atoms with Gasteiger partial charge in [0.15, 0.2) is 0 Å². The van der Waals surface area contributed by atoms with Gasteiger partial charge < -0.3 is 15.0 Å². The molecule has 1 fully saturated rings. The third-order valence-electron chi connectivity index (χ3n) is 3.55. The SMILES string of the molecule is Cn1ccc(C(C)(O)C2CCNCC2)c1. The van der Waals surface area contributed by atoms with Gasteiger partial charge in [-0.05, 0) is 44.8 Å². The third kappa shape index (κ3) is 2.08. The third-order valence-corrected chi connectivity index (χ3v) is 3.55.